The van der Waals surface area contributed by atoms with E-state index < -0.39 is 36.1 Å². The molecule has 4 rings (SSSR count). The first-order chi connectivity index (χ1) is 17.3. The lowest BCUT2D eigenvalue weighted by Crippen LogP contribution is -2.49. The SMILES string of the molecule is CC(C)c1ccc([C@@H](NC(=O)[C@@H]2C[C@@H](F)CN2C(=O)C(C)n2ccccc2=O)c2ccccc2)cc1. The second-order valence-corrected chi connectivity index (χ2v) is 9.64. The van der Waals surface area contributed by atoms with Crippen LogP contribution in [-0.2, 0) is 9.59 Å². The molecule has 0 bridgehead atoms. The number of hydrogen-bond acceptors (Lipinski definition) is 3. The highest BCUT2D eigenvalue weighted by molar-refractivity contribution is 5.90. The minimum atomic E-state index is -1.31. The molecular weight excluding hydrogens is 457 g/mol. The Morgan fingerprint density at radius 3 is 2.14 bits per heavy atom. The van der Waals surface area contributed by atoms with Crippen molar-refractivity contribution < 1.29 is 14.0 Å². The monoisotopic (exact) mass is 489 g/mol. The van der Waals surface area contributed by atoms with Crippen LogP contribution in [0.1, 0.15) is 61.9 Å². The maximum atomic E-state index is 14.6. The van der Waals surface area contributed by atoms with Gasteiger partial charge in [0.25, 0.3) is 5.56 Å². The van der Waals surface area contributed by atoms with Crippen LogP contribution in [0.25, 0.3) is 0 Å². The number of alkyl halides is 1. The average molecular weight is 490 g/mol. The van der Waals surface area contributed by atoms with Crippen LogP contribution < -0.4 is 10.9 Å². The lowest BCUT2D eigenvalue weighted by molar-refractivity contribution is -0.141. The van der Waals surface area contributed by atoms with Gasteiger partial charge in [-0.3, -0.25) is 14.4 Å². The summed E-state index contributed by atoms with van der Waals surface area (Å²) in [6.45, 7) is 5.65. The standard InChI is InChI=1S/C29H32FN3O3/c1-19(2)21-12-14-23(15-13-21)27(22-9-5-4-6-10-22)31-28(35)25-17-24(30)18-33(25)29(36)20(3)32-16-8-7-11-26(32)34/h4-16,19-20,24-25,27H,17-18H2,1-3H3,(H,31,35)/t20?,24-,25+,27+/m1/s1. The van der Waals surface area contributed by atoms with Crippen LogP contribution in [0.3, 0.4) is 0 Å². The van der Waals surface area contributed by atoms with Gasteiger partial charge in [-0.1, -0.05) is 74.5 Å². The molecule has 3 aromatic rings. The Morgan fingerprint density at radius 2 is 1.50 bits per heavy atom. The van der Waals surface area contributed by atoms with Crippen LogP contribution >= 0.6 is 0 Å². The highest BCUT2D eigenvalue weighted by atomic mass is 19.1. The topological polar surface area (TPSA) is 71.4 Å². The molecule has 1 aliphatic heterocycles. The summed E-state index contributed by atoms with van der Waals surface area (Å²) in [7, 11) is 0. The van der Waals surface area contributed by atoms with Crippen LogP contribution in [-0.4, -0.2) is 40.0 Å². The van der Waals surface area contributed by atoms with Crippen LogP contribution in [0.5, 0.6) is 0 Å². The summed E-state index contributed by atoms with van der Waals surface area (Å²) in [5, 5.41) is 3.07. The molecule has 4 atom stereocenters. The van der Waals surface area contributed by atoms with Gasteiger partial charge >= 0.3 is 0 Å². The molecule has 7 heteroatoms. The van der Waals surface area contributed by atoms with E-state index in [1.807, 2.05) is 54.6 Å². The number of carbonyl (C=O) groups is 2. The fourth-order valence-electron chi connectivity index (χ4n) is 4.71. The third kappa shape index (κ3) is 5.40. The summed E-state index contributed by atoms with van der Waals surface area (Å²) in [5.74, 6) is -0.499. The number of pyridine rings is 1. The van der Waals surface area contributed by atoms with E-state index in [0.717, 1.165) is 11.1 Å². The molecule has 36 heavy (non-hydrogen) atoms. The third-order valence-electron chi connectivity index (χ3n) is 6.82. The molecule has 1 unspecified atom stereocenters. The number of amides is 2. The number of nitrogens with zero attached hydrogens (tertiary/aromatic N) is 2. The smallest absolute Gasteiger partial charge is 0.251 e. The summed E-state index contributed by atoms with van der Waals surface area (Å²) in [4.78, 5) is 40.3. The van der Waals surface area contributed by atoms with Gasteiger partial charge in [0.05, 0.1) is 12.6 Å². The zero-order valence-electron chi connectivity index (χ0n) is 20.8. The lowest BCUT2D eigenvalue weighted by Gasteiger charge is -2.29. The van der Waals surface area contributed by atoms with Gasteiger partial charge in [0.15, 0.2) is 0 Å². The maximum absolute atomic E-state index is 14.6. The highest BCUT2D eigenvalue weighted by Gasteiger charge is 2.42. The van der Waals surface area contributed by atoms with E-state index >= 15 is 0 Å². The van der Waals surface area contributed by atoms with E-state index in [9.17, 15) is 18.8 Å². The molecule has 2 aromatic carbocycles. The summed E-state index contributed by atoms with van der Waals surface area (Å²) in [5.41, 5.74) is 2.65. The number of hydrogen-bond donors (Lipinski definition) is 1. The molecule has 0 aliphatic carbocycles. The predicted octanol–water partition coefficient (Wildman–Crippen LogP) is 4.38. The van der Waals surface area contributed by atoms with Crippen molar-refractivity contribution in [3.05, 3.63) is 106 Å². The first-order valence-corrected chi connectivity index (χ1v) is 12.3. The first kappa shape index (κ1) is 25.4. The van der Waals surface area contributed by atoms with Crippen molar-refractivity contribution in [3.8, 4) is 0 Å². The minimum Gasteiger partial charge on any atom is -0.343 e. The maximum Gasteiger partial charge on any atom is 0.251 e. The van der Waals surface area contributed by atoms with Gasteiger partial charge in [0.1, 0.15) is 18.3 Å². The Morgan fingerprint density at radius 1 is 0.889 bits per heavy atom. The molecule has 0 radical (unpaired) electrons. The molecule has 0 saturated carbocycles. The predicted molar refractivity (Wildman–Crippen MR) is 137 cm³/mol. The van der Waals surface area contributed by atoms with Gasteiger partial charge in [0, 0.05) is 18.7 Å². The second-order valence-electron chi connectivity index (χ2n) is 9.64. The zero-order chi connectivity index (χ0) is 25.8. The number of likely N-dealkylation sites (tertiary alicyclic amines) is 1. The van der Waals surface area contributed by atoms with Crippen molar-refractivity contribution in [2.75, 3.05) is 6.54 Å². The molecule has 2 amide bonds. The fourth-order valence-corrected chi connectivity index (χ4v) is 4.71. The van der Waals surface area contributed by atoms with Gasteiger partial charge in [-0.15, -0.1) is 0 Å². The number of halogens is 1. The van der Waals surface area contributed by atoms with Gasteiger partial charge in [-0.25, -0.2) is 4.39 Å². The van der Waals surface area contributed by atoms with Crippen molar-refractivity contribution in [2.45, 2.75) is 57.4 Å². The van der Waals surface area contributed by atoms with Gasteiger partial charge in [0.2, 0.25) is 11.8 Å². The Hall–Kier alpha value is -3.74. The highest BCUT2D eigenvalue weighted by Crippen LogP contribution is 2.28. The van der Waals surface area contributed by atoms with E-state index in [4.69, 9.17) is 0 Å². The number of benzene rings is 2. The summed E-state index contributed by atoms with van der Waals surface area (Å²) in [6.07, 6.45) is 0.127. The van der Waals surface area contributed by atoms with Crippen LogP contribution in [0.15, 0.2) is 83.8 Å². The molecule has 1 saturated heterocycles. The molecular formula is C29H32FN3O3. The summed E-state index contributed by atoms with van der Waals surface area (Å²) >= 11 is 0. The number of aromatic nitrogens is 1. The third-order valence-corrected chi connectivity index (χ3v) is 6.82. The summed E-state index contributed by atoms with van der Waals surface area (Å²) in [6, 6.07) is 20.0. The largest absolute Gasteiger partial charge is 0.343 e. The molecule has 1 fully saturated rings. The fraction of sp³-hybridized carbons (Fsp3) is 0.345. The van der Waals surface area contributed by atoms with E-state index in [2.05, 4.69) is 19.2 Å². The van der Waals surface area contributed by atoms with E-state index in [1.54, 1.807) is 19.1 Å². The van der Waals surface area contributed by atoms with Gasteiger partial charge in [-0.05, 0) is 35.6 Å². The Labute approximate surface area is 210 Å². The lowest BCUT2D eigenvalue weighted by atomic mass is 9.95. The molecule has 1 N–H and O–H groups in total. The first-order valence-electron chi connectivity index (χ1n) is 12.3. The van der Waals surface area contributed by atoms with Gasteiger partial charge in [-0.2, -0.15) is 0 Å². The molecule has 0 spiro atoms. The second kappa shape index (κ2) is 10.9. The molecule has 2 heterocycles. The van der Waals surface area contributed by atoms with E-state index in [-0.39, 0.29) is 18.5 Å². The Balaban J connectivity index is 1.59. The van der Waals surface area contributed by atoms with Crippen molar-refractivity contribution >= 4 is 11.8 Å². The van der Waals surface area contributed by atoms with Crippen LogP contribution in [0.2, 0.25) is 0 Å². The average Bonchev–Trinajstić information content (AvgIpc) is 3.29. The Kier molecular flexibility index (Phi) is 7.67. The number of carbonyl (C=O) groups excluding carboxylic acids is 2. The molecule has 6 nitrogen and oxygen atoms in total. The Bertz CT molecular complexity index is 1260. The summed E-state index contributed by atoms with van der Waals surface area (Å²) < 4.78 is 15.8. The van der Waals surface area contributed by atoms with Crippen molar-refractivity contribution in [3.63, 3.8) is 0 Å². The number of nitrogens with one attached hydrogen (secondary N) is 1. The van der Waals surface area contributed by atoms with E-state index in [1.165, 1.54) is 27.3 Å². The van der Waals surface area contributed by atoms with Crippen LogP contribution in [0.4, 0.5) is 4.39 Å². The minimum absolute atomic E-state index is 0.0816. The van der Waals surface area contributed by atoms with Crippen molar-refractivity contribution in [1.82, 2.24) is 14.8 Å². The molecule has 1 aromatic heterocycles. The zero-order valence-corrected chi connectivity index (χ0v) is 20.8. The number of rotatable bonds is 7. The normalized spacial score (nSPS) is 19.2. The van der Waals surface area contributed by atoms with Crippen molar-refractivity contribution in [1.29, 1.82) is 0 Å². The quantitative estimate of drug-likeness (QED) is 0.536. The van der Waals surface area contributed by atoms with Gasteiger partial charge < -0.3 is 14.8 Å². The molecule has 1 aliphatic rings. The van der Waals surface area contributed by atoms with Crippen molar-refractivity contribution in [2.24, 2.45) is 0 Å². The molecule has 188 valence electrons. The van der Waals surface area contributed by atoms with Crippen LogP contribution in [0, 0.1) is 0 Å². The van der Waals surface area contributed by atoms with E-state index in [0.29, 0.717) is 5.92 Å².